The van der Waals surface area contributed by atoms with E-state index >= 15 is 0 Å². The molecule has 2 aromatic heterocycles. The number of fused-ring (bicyclic) bond motifs is 1. The Morgan fingerprint density at radius 2 is 1.88 bits per heavy atom. The van der Waals surface area contributed by atoms with Gasteiger partial charge in [0.15, 0.2) is 5.65 Å². The predicted molar refractivity (Wildman–Crippen MR) is 97.9 cm³/mol. The van der Waals surface area contributed by atoms with Crippen LogP contribution in [0.15, 0.2) is 36.5 Å². The van der Waals surface area contributed by atoms with E-state index in [1.807, 2.05) is 55.2 Å². The first-order valence-corrected chi connectivity index (χ1v) is 8.80. The van der Waals surface area contributed by atoms with E-state index < -0.39 is 0 Å². The van der Waals surface area contributed by atoms with Crippen molar-refractivity contribution >= 4 is 16.9 Å². The van der Waals surface area contributed by atoms with Gasteiger partial charge in [0, 0.05) is 20.1 Å². The Balaban J connectivity index is 1.42. The summed E-state index contributed by atoms with van der Waals surface area (Å²) in [6.45, 7) is 4.70. The third-order valence-electron chi connectivity index (χ3n) is 4.83. The zero-order chi connectivity index (χ0) is 17.2. The van der Waals surface area contributed by atoms with Gasteiger partial charge in [-0.1, -0.05) is 18.2 Å². The molecule has 6 heteroatoms. The molecule has 0 radical (unpaired) electrons. The van der Waals surface area contributed by atoms with Crippen LogP contribution in [0.3, 0.4) is 0 Å². The summed E-state index contributed by atoms with van der Waals surface area (Å²) in [7, 11) is 1.92. The number of hydrogen-bond donors (Lipinski definition) is 0. The predicted octanol–water partition coefficient (Wildman–Crippen LogP) is 2.97. The first-order chi connectivity index (χ1) is 12.2. The molecule has 0 saturated carbocycles. The normalized spacial score (nSPS) is 15.7. The highest BCUT2D eigenvalue weighted by molar-refractivity contribution is 5.87. The van der Waals surface area contributed by atoms with Gasteiger partial charge in [0.25, 0.3) is 0 Å². The fourth-order valence-electron chi connectivity index (χ4n) is 3.40. The number of benzene rings is 1. The van der Waals surface area contributed by atoms with Crippen LogP contribution in [-0.2, 0) is 7.05 Å². The van der Waals surface area contributed by atoms with Crippen molar-refractivity contribution < 1.29 is 4.74 Å². The summed E-state index contributed by atoms with van der Waals surface area (Å²) in [6.07, 6.45) is 4.09. The minimum absolute atomic E-state index is 0.587. The summed E-state index contributed by atoms with van der Waals surface area (Å²) < 4.78 is 7.74. The third-order valence-corrected chi connectivity index (χ3v) is 4.83. The van der Waals surface area contributed by atoms with E-state index in [0.717, 1.165) is 61.0 Å². The van der Waals surface area contributed by atoms with Gasteiger partial charge in [0.1, 0.15) is 17.4 Å². The van der Waals surface area contributed by atoms with Crippen molar-refractivity contribution in [1.29, 1.82) is 0 Å². The zero-order valence-corrected chi connectivity index (χ0v) is 14.7. The highest BCUT2D eigenvalue weighted by Crippen LogP contribution is 2.28. The highest BCUT2D eigenvalue weighted by Gasteiger charge is 2.23. The van der Waals surface area contributed by atoms with Crippen LogP contribution in [-0.4, -0.2) is 39.4 Å². The van der Waals surface area contributed by atoms with Crippen LogP contribution in [0.25, 0.3) is 11.0 Å². The van der Waals surface area contributed by atoms with Crippen molar-refractivity contribution in [2.75, 3.05) is 24.6 Å². The van der Waals surface area contributed by atoms with Crippen molar-refractivity contribution in [1.82, 2.24) is 19.7 Å². The van der Waals surface area contributed by atoms with Crippen LogP contribution in [0.5, 0.6) is 5.75 Å². The smallest absolute Gasteiger partial charge is 0.163 e. The topological polar surface area (TPSA) is 56.1 Å². The molecule has 0 N–H and O–H groups in total. The van der Waals surface area contributed by atoms with Crippen molar-refractivity contribution in [3.63, 3.8) is 0 Å². The Hall–Kier alpha value is -2.63. The Morgan fingerprint density at radius 1 is 1.12 bits per heavy atom. The lowest BCUT2D eigenvalue weighted by atomic mass is 9.97. The van der Waals surface area contributed by atoms with E-state index in [1.165, 1.54) is 0 Å². The van der Waals surface area contributed by atoms with E-state index in [2.05, 4.69) is 20.0 Å². The van der Waals surface area contributed by atoms with Gasteiger partial charge in [-0.25, -0.2) is 9.97 Å². The lowest BCUT2D eigenvalue weighted by Crippen LogP contribution is -2.36. The molecule has 4 rings (SSSR count). The second kappa shape index (κ2) is 6.70. The van der Waals surface area contributed by atoms with E-state index in [0.29, 0.717) is 5.92 Å². The van der Waals surface area contributed by atoms with Crippen LogP contribution in [0.2, 0.25) is 0 Å². The monoisotopic (exact) mass is 337 g/mol. The number of aryl methyl sites for hydroxylation is 2. The van der Waals surface area contributed by atoms with Crippen molar-refractivity contribution in [3.8, 4) is 5.75 Å². The zero-order valence-electron chi connectivity index (χ0n) is 14.7. The molecule has 0 amide bonds. The van der Waals surface area contributed by atoms with Gasteiger partial charge in [-0.2, -0.15) is 5.10 Å². The van der Waals surface area contributed by atoms with Gasteiger partial charge < -0.3 is 9.64 Å². The first-order valence-electron chi connectivity index (χ1n) is 8.80. The van der Waals surface area contributed by atoms with Gasteiger partial charge in [-0.15, -0.1) is 0 Å². The molecular formula is C19H23N5O. The largest absolute Gasteiger partial charge is 0.493 e. The molecule has 3 aromatic rings. The summed E-state index contributed by atoms with van der Waals surface area (Å²) in [4.78, 5) is 11.6. The number of ether oxygens (including phenoxy) is 1. The van der Waals surface area contributed by atoms with E-state index in [4.69, 9.17) is 4.74 Å². The lowest BCUT2D eigenvalue weighted by molar-refractivity contribution is 0.223. The molecule has 1 saturated heterocycles. The summed E-state index contributed by atoms with van der Waals surface area (Å²) in [6, 6.07) is 10.0. The van der Waals surface area contributed by atoms with E-state index in [1.54, 1.807) is 0 Å². The number of hydrogen-bond acceptors (Lipinski definition) is 5. The van der Waals surface area contributed by atoms with E-state index in [9.17, 15) is 0 Å². The minimum Gasteiger partial charge on any atom is -0.493 e. The van der Waals surface area contributed by atoms with Crippen LogP contribution >= 0.6 is 0 Å². The van der Waals surface area contributed by atoms with Crippen LogP contribution < -0.4 is 9.64 Å². The maximum atomic E-state index is 5.92. The SMILES string of the molecule is Cc1nc(N2CCC(COc3ccccc3)CC2)c2cnn(C)c2n1. The molecule has 0 unspecified atom stereocenters. The Morgan fingerprint density at radius 3 is 2.64 bits per heavy atom. The maximum absolute atomic E-state index is 5.92. The van der Waals surface area contributed by atoms with Crippen LogP contribution in [0, 0.1) is 12.8 Å². The maximum Gasteiger partial charge on any atom is 0.163 e. The number of nitrogens with zero attached hydrogens (tertiary/aromatic N) is 5. The average molecular weight is 337 g/mol. The summed E-state index contributed by atoms with van der Waals surface area (Å²) in [5, 5.41) is 5.37. The summed E-state index contributed by atoms with van der Waals surface area (Å²) >= 11 is 0. The summed E-state index contributed by atoms with van der Waals surface area (Å²) in [5.41, 5.74) is 0.900. The Kier molecular flexibility index (Phi) is 4.26. The van der Waals surface area contributed by atoms with Gasteiger partial charge in [0.05, 0.1) is 18.2 Å². The van der Waals surface area contributed by atoms with Gasteiger partial charge in [-0.3, -0.25) is 4.68 Å². The number of para-hydroxylation sites is 1. The number of rotatable bonds is 4. The first kappa shape index (κ1) is 15.9. The molecule has 25 heavy (non-hydrogen) atoms. The molecular weight excluding hydrogens is 314 g/mol. The standard InChI is InChI=1S/C19H23N5O/c1-14-21-18-17(12-20-23(18)2)19(22-14)24-10-8-15(9-11-24)13-25-16-6-4-3-5-7-16/h3-7,12,15H,8-11,13H2,1-2H3. The molecule has 1 aromatic carbocycles. The van der Waals surface area contributed by atoms with Crippen molar-refractivity contribution in [3.05, 3.63) is 42.4 Å². The number of anilines is 1. The molecule has 1 fully saturated rings. The fourth-order valence-corrected chi connectivity index (χ4v) is 3.40. The van der Waals surface area contributed by atoms with Crippen LogP contribution in [0.4, 0.5) is 5.82 Å². The van der Waals surface area contributed by atoms with Gasteiger partial charge in [-0.05, 0) is 37.8 Å². The second-order valence-electron chi connectivity index (χ2n) is 6.65. The van der Waals surface area contributed by atoms with Gasteiger partial charge >= 0.3 is 0 Å². The molecule has 0 spiro atoms. The van der Waals surface area contributed by atoms with E-state index in [-0.39, 0.29) is 0 Å². The third kappa shape index (κ3) is 3.29. The average Bonchev–Trinajstić information content (AvgIpc) is 3.02. The van der Waals surface area contributed by atoms with Crippen molar-refractivity contribution in [2.24, 2.45) is 13.0 Å². The molecule has 1 aliphatic heterocycles. The minimum atomic E-state index is 0.587. The van der Waals surface area contributed by atoms with Crippen LogP contribution in [0.1, 0.15) is 18.7 Å². The molecule has 6 nitrogen and oxygen atoms in total. The fraction of sp³-hybridized carbons (Fsp3) is 0.421. The lowest BCUT2D eigenvalue weighted by Gasteiger charge is -2.33. The Labute approximate surface area is 147 Å². The molecule has 1 aliphatic rings. The second-order valence-corrected chi connectivity index (χ2v) is 6.65. The molecule has 0 bridgehead atoms. The van der Waals surface area contributed by atoms with Gasteiger partial charge in [0.2, 0.25) is 0 Å². The molecule has 130 valence electrons. The molecule has 0 aliphatic carbocycles. The summed E-state index contributed by atoms with van der Waals surface area (Å²) in [5.74, 6) is 3.34. The number of aromatic nitrogens is 4. The Bertz CT molecular complexity index is 853. The quantitative estimate of drug-likeness (QED) is 0.732. The molecule has 0 atom stereocenters. The number of piperidine rings is 1. The highest BCUT2D eigenvalue weighted by atomic mass is 16.5. The molecule has 3 heterocycles. The van der Waals surface area contributed by atoms with Crippen molar-refractivity contribution in [2.45, 2.75) is 19.8 Å².